The van der Waals surface area contributed by atoms with Gasteiger partial charge in [0.05, 0.1) is 28.4 Å². The average molecular weight is 582 g/mol. The van der Waals surface area contributed by atoms with Crippen LogP contribution in [0.2, 0.25) is 0 Å². The number of nitrogens with zero attached hydrogens (tertiary/aromatic N) is 3. The highest BCUT2D eigenvalue weighted by atomic mass is 15.1. The van der Waals surface area contributed by atoms with E-state index in [0.717, 1.165) is 33.5 Å². The van der Waals surface area contributed by atoms with E-state index in [1.54, 1.807) is 0 Å². The van der Waals surface area contributed by atoms with Crippen LogP contribution in [0.3, 0.4) is 0 Å². The van der Waals surface area contributed by atoms with E-state index in [-0.39, 0.29) is 11.8 Å². The highest BCUT2D eigenvalue weighted by Crippen LogP contribution is 2.41. The third-order valence-electron chi connectivity index (χ3n) is 8.78. The Morgan fingerprint density at radius 1 is 0.600 bits per heavy atom. The first-order chi connectivity index (χ1) is 21.9. The number of hydrogen-bond acceptors (Lipinski definition) is 2. The van der Waals surface area contributed by atoms with Crippen LogP contribution in [-0.4, -0.2) is 9.55 Å². The molecule has 0 saturated carbocycles. The average Bonchev–Trinajstić information content (AvgIpc) is 3.46. The second kappa shape index (κ2) is 11.6. The van der Waals surface area contributed by atoms with E-state index in [1.807, 2.05) is 18.2 Å². The van der Waals surface area contributed by atoms with Crippen LogP contribution in [0.15, 0.2) is 127 Å². The number of rotatable bonds is 6. The molecule has 0 aliphatic rings. The van der Waals surface area contributed by atoms with Crippen molar-refractivity contribution in [1.82, 2.24) is 9.55 Å². The molecule has 1 heterocycles. The fraction of sp³-hybridized carbons (Fsp3) is 0.143. The number of nitriles is 1. The third-order valence-corrected chi connectivity index (χ3v) is 8.78. The zero-order valence-corrected chi connectivity index (χ0v) is 26.1. The van der Waals surface area contributed by atoms with E-state index in [1.165, 1.54) is 38.8 Å². The lowest BCUT2D eigenvalue weighted by Gasteiger charge is -2.24. The number of fused-ring (bicyclic) bond motifs is 2. The maximum absolute atomic E-state index is 9.88. The first kappa shape index (κ1) is 28.3. The van der Waals surface area contributed by atoms with Crippen molar-refractivity contribution in [2.75, 3.05) is 0 Å². The molecule has 0 aliphatic heterocycles. The molecule has 0 amide bonds. The number of aromatic nitrogens is 2. The smallest absolute Gasteiger partial charge is 0.146 e. The molecule has 3 nitrogen and oxygen atoms in total. The zero-order chi connectivity index (χ0) is 31.1. The van der Waals surface area contributed by atoms with Gasteiger partial charge in [-0.3, -0.25) is 4.57 Å². The Balaban J connectivity index is 1.51. The first-order valence-electron chi connectivity index (χ1n) is 15.7. The molecule has 0 saturated heterocycles. The Kier molecular flexibility index (Phi) is 7.28. The van der Waals surface area contributed by atoms with Crippen LogP contribution >= 0.6 is 0 Å². The zero-order valence-electron chi connectivity index (χ0n) is 26.1. The molecule has 0 unspecified atom stereocenters. The molecule has 0 N–H and O–H groups in total. The van der Waals surface area contributed by atoms with Crippen LogP contribution in [0.25, 0.3) is 61.1 Å². The maximum atomic E-state index is 9.88. The number of imidazole rings is 1. The normalized spacial score (nSPS) is 11.5. The van der Waals surface area contributed by atoms with Gasteiger partial charge in [0.15, 0.2) is 0 Å². The highest BCUT2D eigenvalue weighted by molar-refractivity contribution is 5.98. The van der Waals surface area contributed by atoms with Crippen LogP contribution in [0.5, 0.6) is 0 Å². The molecule has 0 fully saturated rings. The number of hydrogen-bond donors (Lipinski definition) is 0. The lowest BCUT2D eigenvalue weighted by Crippen LogP contribution is -2.09. The van der Waals surface area contributed by atoms with Gasteiger partial charge in [-0.25, -0.2) is 4.98 Å². The molecule has 0 bridgehead atoms. The SMILES string of the molecule is CC(C)c1cc(-c2ccc(-c3ccccc3)cc2)cc(C(C)C)c1-n1c(-c2cccc3ccccc23)nc2ccc(C#N)cc21. The summed E-state index contributed by atoms with van der Waals surface area (Å²) in [4.78, 5) is 5.26. The Hall–Kier alpha value is -5.46. The summed E-state index contributed by atoms with van der Waals surface area (Å²) < 4.78 is 2.32. The third kappa shape index (κ3) is 5.09. The van der Waals surface area contributed by atoms with Crippen LogP contribution in [-0.2, 0) is 0 Å². The topological polar surface area (TPSA) is 41.6 Å². The Labute approximate surface area is 265 Å². The van der Waals surface area contributed by atoms with E-state index in [2.05, 4.69) is 148 Å². The maximum Gasteiger partial charge on any atom is 0.146 e. The van der Waals surface area contributed by atoms with Crippen molar-refractivity contribution in [3.8, 4) is 45.4 Å². The Bertz CT molecular complexity index is 2180. The van der Waals surface area contributed by atoms with Crippen molar-refractivity contribution in [1.29, 1.82) is 5.26 Å². The minimum atomic E-state index is 0.248. The molecule has 218 valence electrons. The molecule has 7 rings (SSSR count). The van der Waals surface area contributed by atoms with E-state index in [9.17, 15) is 5.26 Å². The van der Waals surface area contributed by atoms with Gasteiger partial charge in [0.2, 0.25) is 0 Å². The van der Waals surface area contributed by atoms with E-state index < -0.39 is 0 Å². The van der Waals surface area contributed by atoms with Crippen molar-refractivity contribution in [3.05, 3.63) is 144 Å². The van der Waals surface area contributed by atoms with Gasteiger partial charge in [-0.15, -0.1) is 0 Å². The minimum absolute atomic E-state index is 0.248. The van der Waals surface area contributed by atoms with Crippen molar-refractivity contribution in [2.45, 2.75) is 39.5 Å². The monoisotopic (exact) mass is 581 g/mol. The van der Waals surface area contributed by atoms with Gasteiger partial charge < -0.3 is 0 Å². The second-order valence-corrected chi connectivity index (χ2v) is 12.4. The summed E-state index contributed by atoms with van der Waals surface area (Å²) in [5, 5.41) is 12.2. The molecular weight excluding hydrogens is 546 g/mol. The van der Waals surface area contributed by atoms with Gasteiger partial charge in [-0.2, -0.15) is 5.26 Å². The standard InChI is InChI=1S/C42H35N3/c1-27(2)37-24-34(32-20-18-31(19-21-32)30-11-6-5-7-12-30)25-38(28(3)4)41(37)45-40-23-29(26-43)17-22-39(40)44-42(45)36-16-10-14-33-13-8-9-15-35(33)36/h5-25,27-28H,1-4H3. The van der Waals surface area contributed by atoms with Gasteiger partial charge in [0.1, 0.15) is 5.82 Å². The van der Waals surface area contributed by atoms with Gasteiger partial charge in [-0.05, 0) is 86.3 Å². The van der Waals surface area contributed by atoms with Gasteiger partial charge >= 0.3 is 0 Å². The lowest BCUT2D eigenvalue weighted by atomic mass is 9.87. The molecule has 0 spiro atoms. The Morgan fingerprint density at radius 2 is 1.20 bits per heavy atom. The summed E-state index contributed by atoms with van der Waals surface area (Å²) in [6.45, 7) is 9.07. The fourth-order valence-electron chi connectivity index (χ4n) is 6.44. The largest absolute Gasteiger partial charge is 0.292 e. The van der Waals surface area contributed by atoms with E-state index >= 15 is 0 Å². The molecule has 0 aliphatic carbocycles. The van der Waals surface area contributed by atoms with Crippen LogP contribution in [0, 0.1) is 11.3 Å². The van der Waals surface area contributed by atoms with Gasteiger partial charge in [-0.1, -0.05) is 125 Å². The summed E-state index contributed by atoms with van der Waals surface area (Å²) in [5.74, 6) is 1.39. The molecule has 0 atom stereocenters. The molecule has 6 aromatic carbocycles. The molecular formula is C42H35N3. The summed E-state index contributed by atoms with van der Waals surface area (Å²) >= 11 is 0. The van der Waals surface area contributed by atoms with Crippen LogP contribution in [0.1, 0.15) is 56.2 Å². The summed E-state index contributed by atoms with van der Waals surface area (Å²) in [6, 6.07) is 47.2. The summed E-state index contributed by atoms with van der Waals surface area (Å²) in [5.41, 5.74) is 12.0. The van der Waals surface area contributed by atoms with Gasteiger partial charge in [0.25, 0.3) is 0 Å². The predicted molar refractivity (Wildman–Crippen MR) is 188 cm³/mol. The summed E-state index contributed by atoms with van der Waals surface area (Å²) in [6.07, 6.45) is 0. The quantitative estimate of drug-likeness (QED) is 0.196. The van der Waals surface area contributed by atoms with Crippen molar-refractivity contribution in [3.63, 3.8) is 0 Å². The lowest BCUT2D eigenvalue weighted by molar-refractivity contribution is 0.812. The van der Waals surface area contributed by atoms with Gasteiger partial charge in [0, 0.05) is 5.56 Å². The highest BCUT2D eigenvalue weighted by Gasteiger charge is 2.24. The van der Waals surface area contributed by atoms with Crippen molar-refractivity contribution >= 4 is 21.8 Å². The van der Waals surface area contributed by atoms with E-state index in [0.29, 0.717) is 5.56 Å². The predicted octanol–water partition coefficient (Wildman–Crippen LogP) is 11.3. The van der Waals surface area contributed by atoms with Crippen molar-refractivity contribution < 1.29 is 0 Å². The number of benzene rings is 6. The second-order valence-electron chi connectivity index (χ2n) is 12.4. The molecule has 7 aromatic rings. The fourth-order valence-corrected chi connectivity index (χ4v) is 6.44. The van der Waals surface area contributed by atoms with Crippen molar-refractivity contribution in [2.24, 2.45) is 0 Å². The van der Waals surface area contributed by atoms with E-state index in [4.69, 9.17) is 4.98 Å². The molecule has 0 radical (unpaired) electrons. The summed E-state index contributed by atoms with van der Waals surface area (Å²) in [7, 11) is 0. The minimum Gasteiger partial charge on any atom is -0.292 e. The molecule has 45 heavy (non-hydrogen) atoms. The molecule has 1 aromatic heterocycles. The Morgan fingerprint density at radius 3 is 1.87 bits per heavy atom. The van der Waals surface area contributed by atoms with Crippen LogP contribution < -0.4 is 0 Å². The molecule has 3 heteroatoms. The van der Waals surface area contributed by atoms with Crippen LogP contribution in [0.4, 0.5) is 0 Å². The first-order valence-corrected chi connectivity index (χ1v) is 15.7.